The zero-order chi connectivity index (χ0) is 14.4. The minimum Gasteiger partial charge on any atom is -0.468 e. The van der Waals surface area contributed by atoms with Gasteiger partial charge in [0.1, 0.15) is 5.82 Å². The fourth-order valence-corrected chi connectivity index (χ4v) is 1.67. The molecule has 0 unspecified atom stereocenters. The Morgan fingerprint density at radius 3 is 2.74 bits per heavy atom. The molecule has 0 aromatic heterocycles. The van der Waals surface area contributed by atoms with Gasteiger partial charge in [-0.1, -0.05) is 0 Å². The molecule has 0 bridgehead atoms. The van der Waals surface area contributed by atoms with E-state index in [0.717, 1.165) is 0 Å². The predicted octanol–water partition coefficient (Wildman–Crippen LogP) is 2.08. The van der Waals surface area contributed by atoms with Crippen LogP contribution in [0.1, 0.15) is 25.0 Å². The molecule has 0 aliphatic rings. The highest BCUT2D eigenvalue weighted by atomic mass is 19.1. The fourth-order valence-electron chi connectivity index (χ4n) is 1.67. The molecule has 0 atom stereocenters. The maximum Gasteiger partial charge on any atom is 0.319 e. The average molecular weight is 264 g/mol. The summed E-state index contributed by atoms with van der Waals surface area (Å²) in [7, 11) is 1.32. The Labute approximate surface area is 112 Å². The summed E-state index contributed by atoms with van der Waals surface area (Å²) >= 11 is 0. The van der Waals surface area contributed by atoms with E-state index in [-0.39, 0.29) is 18.6 Å². The van der Waals surface area contributed by atoms with Crippen LogP contribution in [0.5, 0.6) is 0 Å². The molecule has 0 aliphatic carbocycles. The normalized spacial score (nSPS) is 10.6. The number of carbonyl (C=O) groups excluding carboxylic acids is 1. The minimum atomic E-state index is -0.393. The van der Waals surface area contributed by atoms with Crippen LogP contribution < -0.4 is 0 Å². The maximum atomic E-state index is 13.2. The van der Waals surface area contributed by atoms with Crippen molar-refractivity contribution in [1.29, 1.82) is 5.26 Å². The van der Waals surface area contributed by atoms with E-state index in [4.69, 9.17) is 5.26 Å². The second-order valence-corrected chi connectivity index (χ2v) is 4.49. The zero-order valence-corrected chi connectivity index (χ0v) is 11.3. The molecular formula is C14H17FN2O2. The maximum absolute atomic E-state index is 13.2. The van der Waals surface area contributed by atoms with Crippen LogP contribution in [0, 0.1) is 17.1 Å². The van der Waals surface area contributed by atoms with Crippen molar-refractivity contribution in [1.82, 2.24) is 4.90 Å². The molecule has 0 aliphatic heterocycles. The Hall–Kier alpha value is -1.93. The SMILES string of the molecule is COC(=O)CN(Cc1cc(F)ccc1C#N)C(C)C. The summed E-state index contributed by atoms with van der Waals surface area (Å²) < 4.78 is 17.9. The van der Waals surface area contributed by atoms with Gasteiger partial charge in [-0.15, -0.1) is 0 Å². The van der Waals surface area contributed by atoms with Crippen LogP contribution in [0.15, 0.2) is 18.2 Å². The quantitative estimate of drug-likeness (QED) is 0.764. The second kappa shape index (κ2) is 6.86. The molecule has 102 valence electrons. The second-order valence-electron chi connectivity index (χ2n) is 4.49. The Balaban J connectivity index is 2.93. The summed E-state index contributed by atoms with van der Waals surface area (Å²) in [6.45, 7) is 4.28. The molecule has 0 saturated carbocycles. The number of nitrogens with zero attached hydrogens (tertiary/aromatic N) is 2. The van der Waals surface area contributed by atoms with Crippen LogP contribution in [0.2, 0.25) is 0 Å². The zero-order valence-electron chi connectivity index (χ0n) is 11.3. The number of rotatable bonds is 5. The molecule has 0 fully saturated rings. The molecule has 5 heteroatoms. The van der Waals surface area contributed by atoms with Gasteiger partial charge in [-0.05, 0) is 37.6 Å². The van der Waals surface area contributed by atoms with E-state index in [1.807, 2.05) is 24.8 Å². The molecule has 0 N–H and O–H groups in total. The highest BCUT2D eigenvalue weighted by Crippen LogP contribution is 2.15. The number of halogens is 1. The van der Waals surface area contributed by atoms with Gasteiger partial charge in [0.15, 0.2) is 0 Å². The van der Waals surface area contributed by atoms with Gasteiger partial charge in [-0.25, -0.2) is 4.39 Å². The first-order valence-electron chi connectivity index (χ1n) is 5.97. The summed E-state index contributed by atoms with van der Waals surface area (Å²) in [6, 6.07) is 6.12. The lowest BCUT2D eigenvalue weighted by atomic mass is 10.1. The van der Waals surface area contributed by atoms with E-state index in [9.17, 15) is 9.18 Å². The monoisotopic (exact) mass is 264 g/mol. The van der Waals surface area contributed by atoms with Gasteiger partial charge >= 0.3 is 5.97 Å². The lowest BCUT2D eigenvalue weighted by Gasteiger charge is -2.25. The number of hydrogen-bond acceptors (Lipinski definition) is 4. The summed E-state index contributed by atoms with van der Waals surface area (Å²) in [5.41, 5.74) is 0.983. The van der Waals surface area contributed by atoms with Crippen LogP contribution in [-0.4, -0.2) is 30.6 Å². The van der Waals surface area contributed by atoms with E-state index in [1.54, 1.807) is 0 Å². The van der Waals surface area contributed by atoms with Gasteiger partial charge < -0.3 is 4.74 Å². The van der Waals surface area contributed by atoms with Crippen LogP contribution in [0.4, 0.5) is 4.39 Å². The lowest BCUT2D eigenvalue weighted by molar-refractivity contribution is -0.142. The first-order chi connectivity index (χ1) is 8.97. The highest BCUT2D eigenvalue weighted by Gasteiger charge is 2.16. The Bertz CT molecular complexity index is 495. The van der Waals surface area contributed by atoms with Gasteiger partial charge in [0.2, 0.25) is 0 Å². The first kappa shape index (κ1) is 15.1. The molecule has 0 amide bonds. The number of benzene rings is 1. The van der Waals surface area contributed by atoms with Crippen molar-refractivity contribution in [2.75, 3.05) is 13.7 Å². The minimum absolute atomic E-state index is 0.0777. The smallest absolute Gasteiger partial charge is 0.319 e. The summed E-state index contributed by atoms with van der Waals surface area (Å²) in [4.78, 5) is 13.2. The summed E-state index contributed by atoms with van der Waals surface area (Å²) in [5, 5.41) is 9.01. The number of ether oxygens (including phenoxy) is 1. The van der Waals surface area contributed by atoms with Gasteiger partial charge in [0.25, 0.3) is 0 Å². The third-order valence-corrected chi connectivity index (χ3v) is 2.85. The van der Waals surface area contributed by atoms with Gasteiger partial charge in [0.05, 0.1) is 25.3 Å². The third-order valence-electron chi connectivity index (χ3n) is 2.85. The largest absolute Gasteiger partial charge is 0.468 e. The van der Waals surface area contributed by atoms with E-state index >= 15 is 0 Å². The summed E-state index contributed by atoms with van der Waals surface area (Å²) in [5.74, 6) is -0.751. The first-order valence-corrected chi connectivity index (χ1v) is 5.97. The molecule has 1 aromatic carbocycles. The molecule has 0 heterocycles. The number of nitriles is 1. The van der Waals surface area contributed by atoms with Crippen molar-refractivity contribution in [3.05, 3.63) is 35.1 Å². The average Bonchev–Trinajstić information content (AvgIpc) is 2.37. The Morgan fingerprint density at radius 1 is 1.53 bits per heavy atom. The molecule has 0 saturated heterocycles. The molecule has 1 aromatic rings. The predicted molar refractivity (Wildman–Crippen MR) is 68.7 cm³/mol. The number of esters is 1. The topological polar surface area (TPSA) is 53.3 Å². The van der Waals surface area contributed by atoms with E-state index in [0.29, 0.717) is 17.7 Å². The van der Waals surface area contributed by atoms with Crippen molar-refractivity contribution in [2.24, 2.45) is 0 Å². The van der Waals surface area contributed by atoms with Gasteiger partial charge in [-0.3, -0.25) is 9.69 Å². The van der Waals surface area contributed by atoms with Crippen LogP contribution in [-0.2, 0) is 16.1 Å². The lowest BCUT2D eigenvalue weighted by Crippen LogP contribution is -2.35. The Kier molecular flexibility index (Phi) is 5.46. The number of hydrogen-bond donors (Lipinski definition) is 0. The van der Waals surface area contributed by atoms with E-state index < -0.39 is 5.82 Å². The van der Waals surface area contributed by atoms with Crippen molar-refractivity contribution in [3.8, 4) is 6.07 Å². The van der Waals surface area contributed by atoms with Crippen LogP contribution in [0.25, 0.3) is 0 Å². The molecule has 19 heavy (non-hydrogen) atoms. The highest BCUT2D eigenvalue weighted by molar-refractivity contribution is 5.71. The van der Waals surface area contributed by atoms with Crippen molar-refractivity contribution < 1.29 is 13.9 Å². The van der Waals surface area contributed by atoms with Crippen molar-refractivity contribution in [3.63, 3.8) is 0 Å². The van der Waals surface area contributed by atoms with Crippen LogP contribution in [0.3, 0.4) is 0 Å². The van der Waals surface area contributed by atoms with E-state index in [1.165, 1.54) is 25.3 Å². The third kappa shape index (κ3) is 4.34. The van der Waals surface area contributed by atoms with Crippen molar-refractivity contribution in [2.45, 2.75) is 26.4 Å². The standard InChI is InChI=1S/C14H17FN2O2/c1-10(2)17(9-14(18)19-3)8-12-6-13(15)5-4-11(12)7-16/h4-6,10H,8-9H2,1-3H3. The van der Waals surface area contributed by atoms with E-state index in [2.05, 4.69) is 4.74 Å². The summed E-state index contributed by atoms with van der Waals surface area (Å²) in [6.07, 6.45) is 0. The van der Waals surface area contributed by atoms with Gasteiger partial charge in [-0.2, -0.15) is 5.26 Å². The van der Waals surface area contributed by atoms with Gasteiger partial charge in [0, 0.05) is 12.6 Å². The molecule has 1 rings (SSSR count). The number of methoxy groups -OCH3 is 1. The molecule has 4 nitrogen and oxygen atoms in total. The molecular weight excluding hydrogens is 247 g/mol. The number of carbonyl (C=O) groups is 1. The molecule has 0 spiro atoms. The Morgan fingerprint density at radius 2 is 2.21 bits per heavy atom. The van der Waals surface area contributed by atoms with Crippen molar-refractivity contribution >= 4 is 5.97 Å². The molecule has 0 radical (unpaired) electrons. The fraction of sp³-hybridized carbons (Fsp3) is 0.429. The van der Waals surface area contributed by atoms with Crippen LogP contribution >= 0.6 is 0 Å².